The smallest absolute Gasteiger partial charge is 0.242 e. The third kappa shape index (κ3) is 6.15. The molecule has 2 N–H and O–H groups in total. The first-order valence-corrected chi connectivity index (χ1v) is 9.51. The summed E-state index contributed by atoms with van der Waals surface area (Å²) in [6.45, 7) is 2.28. The normalized spacial score (nSPS) is 15.9. The minimum absolute atomic E-state index is 0.00187. The summed E-state index contributed by atoms with van der Waals surface area (Å²) in [7, 11) is 0. The number of hydrogen-bond acceptors (Lipinski definition) is 3. The molecule has 0 bridgehead atoms. The average Bonchev–Trinajstić information content (AvgIpc) is 3.10. The van der Waals surface area contributed by atoms with Crippen LogP contribution >= 0.6 is 11.8 Å². The fraction of sp³-hybridized carbons (Fsp3) is 0.556. The third-order valence-electron chi connectivity index (χ3n) is 4.18. The molecule has 1 aliphatic rings. The summed E-state index contributed by atoms with van der Waals surface area (Å²) in [5, 5.41) is 5.65. The molecule has 0 spiro atoms. The Bertz CT molecular complexity index is 544. The lowest BCUT2D eigenvalue weighted by Crippen LogP contribution is -2.46. The largest absolute Gasteiger partial charge is 0.354 e. The molecule has 1 saturated carbocycles. The first-order chi connectivity index (χ1) is 11.6. The average molecular weight is 352 g/mol. The van der Waals surface area contributed by atoms with Gasteiger partial charge in [0.2, 0.25) is 11.8 Å². The molecule has 0 aliphatic heterocycles. The predicted octanol–water partition coefficient (Wildman–Crippen LogP) is 3.12. The van der Waals surface area contributed by atoms with Crippen LogP contribution < -0.4 is 10.6 Å². The molecule has 0 heterocycles. The molecule has 0 saturated heterocycles. The second kappa shape index (κ2) is 9.67. The van der Waals surface area contributed by atoms with Gasteiger partial charge in [0.15, 0.2) is 0 Å². The second-order valence-electron chi connectivity index (χ2n) is 6.16. The van der Waals surface area contributed by atoms with E-state index in [1.165, 1.54) is 12.1 Å². The Morgan fingerprint density at radius 2 is 1.92 bits per heavy atom. The molecule has 1 fully saturated rings. The monoisotopic (exact) mass is 352 g/mol. The van der Waals surface area contributed by atoms with Crippen molar-refractivity contribution >= 4 is 23.6 Å². The summed E-state index contributed by atoms with van der Waals surface area (Å²) in [5.41, 5.74) is 0. The van der Waals surface area contributed by atoms with Crippen molar-refractivity contribution in [3.05, 3.63) is 30.1 Å². The zero-order chi connectivity index (χ0) is 17.4. The van der Waals surface area contributed by atoms with Crippen molar-refractivity contribution in [3.8, 4) is 0 Å². The van der Waals surface area contributed by atoms with E-state index in [9.17, 15) is 14.0 Å². The van der Waals surface area contributed by atoms with Gasteiger partial charge in [-0.3, -0.25) is 9.59 Å². The fourth-order valence-electron chi connectivity index (χ4n) is 2.74. The Morgan fingerprint density at radius 3 is 2.58 bits per heavy atom. The highest BCUT2D eigenvalue weighted by Gasteiger charge is 2.25. The summed E-state index contributed by atoms with van der Waals surface area (Å²) in [5.74, 6) is 0.539. The van der Waals surface area contributed by atoms with Gasteiger partial charge in [0.1, 0.15) is 11.9 Å². The number of carbonyl (C=O) groups excluding carboxylic acids is 2. The molecule has 1 aromatic rings. The number of rotatable bonds is 8. The molecule has 24 heavy (non-hydrogen) atoms. The van der Waals surface area contributed by atoms with E-state index in [1.54, 1.807) is 30.8 Å². The van der Waals surface area contributed by atoms with Crippen LogP contribution in [0.5, 0.6) is 0 Å². The Kier molecular flexibility index (Phi) is 7.56. The first-order valence-electron chi connectivity index (χ1n) is 8.52. The predicted molar refractivity (Wildman–Crippen MR) is 94.3 cm³/mol. The Hall–Kier alpha value is -1.56. The van der Waals surface area contributed by atoms with Crippen molar-refractivity contribution in [3.63, 3.8) is 0 Å². The lowest BCUT2D eigenvalue weighted by molar-refractivity contribution is -0.130. The maximum atomic E-state index is 12.8. The van der Waals surface area contributed by atoms with Crippen LogP contribution in [0.2, 0.25) is 0 Å². The topological polar surface area (TPSA) is 58.2 Å². The maximum absolute atomic E-state index is 12.8. The standard InChI is InChI=1S/C18H25FN2O2S/c1-13(21-18(23)14-5-2-3-6-14)17(22)20-11-4-12-24-16-9-7-15(19)8-10-16/h7-10,13-14H,2-6,11-12H2,1H3,(H,20,22)(H,21,23). The number of amides is 2. The highest BCUT2D eigenvalue weighted by Crippen LogP contribution is 2.24. The number of halogens is 1. The maximum Gasteiger partial charge on any atom is 0.242 e. The Morgan fingerprint density at radius 1 is 1.25 bits per heavy atom. The quantitative estimate of drug-likeness (QED) is 0.558. The van der Waals surface area contributed by atoms with Crippen LogP contribution in [0.25, 0.3) is 0 Å². The number of carbonyl (C=O) groups is 2. The van der Waals surface area contributed by atoms with Gasteiger partial charge >= 0.3 is 0 Å². The van der Waals surface area contributed by atoms with Crippen LogP contribution in [0, 0.1) is 11.7 Å². The summed E-state index contributed by atoms with van der Waals surface area (Å²) in [4.78, 5) is 25.0. The molecule has 1 aromatic carbocycles. The van der Waals surface area contributed by atoms with Gasteiger partial charge in [0.05, 0.1) is 0 Å². The van der Waals surface area contributed by atoms with E-state index >= 15 is 0 Å². The van der Waals surface area contributed by atoms with E-state index in [0.717, 1.165) is 42.8 Å². The molecule has 1 atom stereocenters. The fourth-order valence-corrected chi connectivity index (χ4v) is 3.60. The molecule has 1 unspecified atom stereocenters. The minimum Gasteiger partial charge on any atom is -0.354 e. The molecule has 1 aliphatic carbocycles. The van der Waals surface area contributed by atoms with Gasteiger partial charge in [-0.1, -0.05) is 12.8 Å². The Labute approximate surface area is 147 Å². The van der Waals surface area contributed by atoms with Gasteiger partial charge in [-0.2, -0.15) is 0 Å². The molecule has 0 aromatic heterocycles. The Balaban J connectivity index is 1.58. The zero-order valence-corrected chi connectivity index (χ0v) is 14.8. The molecule has 2 amide bonds. The van der Waals surface area contributed by atoms with E-state index in [1.807, 2.05) is 0 Å². The van der Waals surface area contributed by atoms with Crippen LogP contribution in [0.15, 0.2) is 29.2 Å². The van der Waals surface area contributed by atoms with E-state index < -0.39 is 6.04 Å². The summed E-state index contributed by atoms with van der Waals surface area (Å²) in [6, 6.07) is 5.89. The van der Waals surface area contributed by atoms with Crippen LogP contribution in [0.1, 0.15) is 39.0 Å². The van der Waals surface area contributed by atoms with Crippen molar-refractivity contribution in [1.82, 2.24) is 10.6 Å². The highest BCUT2D eigenvalue weighted by molar-refractivity contribution is 7.99. The molecule has 4 nitrogen and oxygen atoms in total. The number of nitrogens with one attached hydrogen (secondary N) is 2. The first kappa shape index (κ1) is 18.8. The van der Waals surface area contributed by atoms with E-state index in [2.05, 4.69) is 10.6 Å². The summed E-state index contributed by atoms with van der Waals surface area (Å²) in [6.07, 6.45) is 4.88. The number of benzene rings is 1. The van der Waals surface area contributed by atoms with Crippen molar-refractivity contribution in [1.29, 1.82) is 0 Å². The second-order valence-corrected chi connectivity index (χ2v) is 7.33. The van der Waals surface area contributed by atoms with E-state index in [0.29, 0.717) is 6.54 Å². The van der Waals surface area contributed by atoms with Gasteiger partial charge in [-0.25, -0.2) is 4.39 Å². The van der Waals surface area contributed by atoms with Crippen molar-refractivity contribution in [2.45, 2.75) is 50.0 Å². The van der Waals surface area contributed by atoms with Crippen molar-refractivity contribution < 1.29 is 14.0 Å². The highest BCUT2D eigenvalue weighted by atomic mass is 32.2. The van der Waals surface area contributed by atoms with Crippen LogP contribution in [-0.2, 0) is 9.59 Å². The zero-order valence-electron chi connectivity index (χ0n) is 14.0. The van der Waals surface area contributed by atoms with Gasteiger partial charge in [-0.05, 0) is 56.2 Å². The third-order valence-corrected chi connectivity index (χ3v) is 5.28. The lowest BCUT2D eigenvalue weighted by atomic mass is 10.1. The molecule has 132 valence electrons. The number of thioether (sulfide) groups is 1. The molecule has 2 rings (SSSR count). The summed E-state index contributed by atoms with van der Waals surface area (Å²) < 4.78 is 12.8. The van der Waals surface area contributed by atoms with Crippen LogP contribution in [-0.4, -0.2) is 30.2 Å². The minimum atomic E-state index is -0.497. The van der Waals surface area contributed by atoms with Gasteiger partial charge in [0, 0.05) is 17.4 Å². The molecule has 6 heteroatoms. The van der Waals surface area contributed by atoms with Gasteiger partial charge in [0.25, 0.3) is 0 Å². The van der Waals surface area contributed by atoms with Crippen molar-refractivity contribution in [2.24, 2.45) is 5.92 Å². The molecule has 0 radical (unpaired) electrons. The number of hydrogen-bond donors (Lipinski definition) is 2. The lowest BCUT2D eigenvalue weighted by Gasteiger charge is -2.16. The SMILES string of the molecule is CC(NC(=O)C1CCCC1)C(=O)NCCCSc1ccc(F)cc1. The van der Waals surface area contributed by atoms with E-state index in [4.69, 9.17) is 0 Å². The van der Waals surface area contributed by atoms with Gasteiger partial charge in [-0.15, -0.1) is 11.8 Å². The van der Waals surface area contributed by atoms with Crippen LogP contribution in [0.4, 0.5) is 4.39 Å². The molecular formula is C18H25FN2O2S. The van der Waals surface area contributed by atoms with E-state index in [-0.39, 0.29) is 23.5 Å². The van der Waals surface area contributed by atoms with Gasteiger partial charge < -0.3 is 10.6 Å². The van der Waals surface area contributed by atoms with Crippen LogP contribution in [0.3, 0.4) is 0 Å². The summed E-state index contributed by atoms with van der Waals surface area (Å²) >= 11 is 1.63. The molecular weight excluding hydrogens is 327 g/mol. The van der Waals surface area contributed by atoms with Crippen molar-refractivity contribution in [2.75, 3.05) is 12.3 Å².